The summed E-state index contributed by atoms with van der Waals surface area (Å²) in [6.45, 7) is 10.1. The van der Waals surface area contributed by atoms with Gasteiger partial charge in [-0.2, -0.15) is 0 Å². The van der Waals surface area contributed by atoms with Gasteiger partial charge in [0.15, 0.2) is 17.1 Å². The van der Waals surface area contributed by atoms with Crippen LogP contribution in [0.25, 0.3) is 11.1 Å². The van der Waals surface area contributed by atoms with Crippen LogP contribution in [-0.2, 0) is 16.1 Å². The average Bonchev–Trinajstić information content (AvgIpc) is 3.54. The van der Waals surface area contributed by atoms with E-state index in [9.17, 15) is 9.59 Å². The molecule has 1 unspecified atom stereocenters. The number of allylic oxidation sites excluding steroid dienone is 1. The van der Waals surface area contributed by atoms with Gasteiger partial charge in [0, 0.05) is 17.5 Å². The summed E-state index contributed by atoms with van der Waals surface area (Å²) < 4.78 is 12.9. The summed E-state index contributed by atoms with van der Waals surface area (Å²) >= 11 is 8.75. The Morgan fingerprint density at radius 3 is 2.70 bits per heavy atom. The van der Waals surface area contributed by atoms with E-state index in [0.717, 1.165) is 22.3 Å². The molecule has 1 N–H and O–H groups in total. The zero-order valence-electron chi connectivity index (χ0n) is 22.6. The first-order valence-electron chi connectivity index (χ1n) is 12.4. The number of nitrogens with zero attached hydrogens (tertiary/aromatic N) is 3. The van der Waals surface area contributed by atoms with Crippen molar-refractivity contribution in [3.05, 3.63) is 88.0 Å². The first kappa shape index (κ1) is 29.4. The molecule has 0 spiro atoms. The van der Waals surface area contributed by atoms with E-state index >= 15 is 0 Å². The number of halogens is 1. The molecule has 2 aromatic carbocycles. The normalized spacial score (nSPS) is 11.6. The number of nitrogens with one attached hydrogen (secondary N) is 1. The lowest BCUT2D eigenvalue weighted by atomic mass is 9.97. The molecule has 0 saturated carbocycles. The molecule has 4 rings (SSSR count). The number of hydrogen-bond donors (Lipinski definition) is 1. The van der Waals surface area contributed by atoms with Gasteiger partial charge in [0.2, 0.25) is 5.91 Å². The van der Waals surface area contributed by atoms with Crippen LogP contribution in [0.15, 0.2) is 65.7 Å². The number of ether oxygens (including phenoxy) is 2. The fraction of sp³-hybridized carbons (Fsp3) is 0.241. The minimum Gasteiger partial charge on any atom is -0.481 e. The molecule has 0 aliphatic rings. The zero-order chi connectivity index (χ0) is 28.8. The highest BCUT2D eigenvalue weighted by Gasteiger charge is 2.24. The minimum atomic E-state index is -0.511. The van der Waals surface area contributed by atoms with Gasteiger partial charge in [0.1, 0.15) is 16.3 Å². The number of thiophene rings is 1. The Balaban J connectivity index is 1.50. The SMILES string of the molecule is C=CCn1c(SCC(=O)Nc2scc(-c3cc(C)ccc3C)c2C(=O)OC)nnc1C(C)Oc1ccccc1Cl. The Bertz CT molecular complexity index is 1550. The van der Waals surface area contributed by atoms with Gasteiger partial charge < -0.3 is 14.8 Å². The maximum Gasteiger partial charge on any atom is 0.341 e. The van der Waals surface area contributed by atoms with Gasteiger partial charge in [-0.1, -0.05) is 65.3 Å². The molecular formula is C29H29ClN4O4S2. The summed E-state index contributed by atoms with van der Waals surface area (Å²) in [5, 5.41) is 14.8. The number of rotatable bonds is 11. The lowest BCUT2D eigenvalue weighted by Crippen LogP contribution is -2.17. The summed E-state index contributed by atoms with van der Waals surface area (Å²) in [6, 6.07) is 13.2. The van der Waals surface area contributed by atoms with Crippen molar-refractivity contribution in [3.63, 3.8) is 0 Å². The van der Waals surface area contributed by atoms with Gasteiger partial charge in [-0.15, -0.1) is 28.1 Å². The predicted molar refractivity (Wildman–Crippen MR) is 161 cm³/mol. The van der Waals surface area contributed by atoms with E-state index in [4.69, 9.17) is 21.1 Å². The summed E-state index contributed by atoms with van der Waals surface area (Å²) in [5.41, 5.74) is 4.07. The Hall–Kier alpha value is -3.60. The third kappa shape index (κ3) is 6.57. The number of benzene rings is 2. The molecule has 40 heavy (non-hydrogen) atoms. The van der Waals surface area contributed by atoms with Crippen molar-refractivity contribution in [2.45, 2.75) is 38.6 Å². The quantitative estimate of drug-likeness (QED) is 0.112. The number of aromatic nitrogens is 3. The van der Waals surface area contributed by atoms with E-state index in [1.165, 1.54) is 30.2 Å². The molecule has 0 aliphatic heterocycles. The number of esters is 1. The number of amides is 1. The van der Waals surface area contributed by atoms with Crippen molar-refractivity contribution in [2.75, 3.05) is 18.2 Å². The fourth-order valence-electron chi connectivity index (χ4n) is 4.06. The van der Waals surface area contributed by atoms with Crippen LogP contribution in [0.5, 0.6) is 5.75 Å². The molecule has 1 atom stereocenters. The minimum absolute atomic E-state index is 0.0480. The van der Waals surface area contributed by atoms with Crippen molar-refractivity contribution >= 4 is 51.6 Å². The molecule has 4 aromatic rings. The van der Waals surface area contributed by atoms with Crippen LogP contribution in [0, 0.1) is 13.8 Å². The molecule has 0 bridgehead atoms. The standard InChI is InChI=1S/C29H29ClN4O4S2/c1-6-13-34-26(19(4)38-23-10-8-7-9-22(23)30)32-33-29(34)40-16-24(35)31-27-25(28(36)37-5)21(15-39-27)20-14-17(2)11-12-18(20)3/h6-12,14-15,19H,1,13,16H2,2-5H3,(H,31,35). The zero-order valence-corrected chi connectivity index (χ0v) is 25.0. The van der Waals surface area contributed by atoms with Crippen molar-refractivity contribution in [3.8, 4) is 16.9 Å². The number of aryl methyl sites for hydroxylation is 2. The van der Waals surface area contributed by atoms with E-state index in [1.54, 1.807) is 18.2 Å². The van der Waals surface area contributed by atoms with Crippen molar-refractivity contribution in [1.82, 2.24) is 14.8 Å². The highest BCUT2D eigenvalue weighted by atomic mass is 35.5. The Kier molecular flexibility index (Phi) is 9.67. The number of methoxy groups -OCH3 is 1. The average molecular weight is 597 g/mol. The third-order valence-corrected chi connectivity index (χ3v) is 8.18. The molecule has 0 radical (unpaired) electrons. The monoisotopic (exact) mass is 596 g/mol. The van der Waals surface area contributed by atoms with E-state index in [1.807, 2.05) is 61.1 Å². The van der Waals surface area contributed by atoms with E-state index in [2.05, 4.69) is 22.1 Å². The highest BCUT2D eigenvalue weighted by Crippen LogP contribution is 2.38. The van der Waals surface area contributed by atoms with Crippen LogP contribution < -0.4 is 10.1 Å². The first-order chi connectivity index (χ1) is 19.2. The maximum absolute atomic E-state index is 13.0. The molecule has 2 heterocycles. The van der Waals surface area contributed by atoms with Gasteiger partial charge in [-0.3, -0.25) is 9.36 Å². The number of hydrogen-bond acceptors (Lipinski definition) is 8. The second-order valence-corrected chi connectivity index (χ2v) is 11.2. The van der Waals surface area contributed by atoms with Crippen LogP contribution >= 0.6 is 34.7 Å². The van der Waals surface area contributed by atoms with E-state index in [0.29, 0.717) is 38.9 Å². The topological polar surface area (TPSA) is 95.3 Å². The second kappa shape index (κ2) is 13.2. The number of anilines is 1. The molecule has 0 aliphatic carbocycles. The molecule has 0 fully saturated rings. The van der Waals surface area contributed by atoms with Crippen molar-refractivity contribution in [2.24, 2.45) is 0 Å². The summed E-state index contributed by atoms with van der Waals surface area (Å²) in [4.78, 5) is 25.8. The second-order valence-electron chi connectivity index (χ2n) is 8.93. The number of thioether (sulfide) groups is 1. The van der Waals surface area contributed by atoms with Gasteiger partial charge in [0.05, 0.1) is 17.9 Å². The molecule has 208 valence electrons. The number of carbonyl (C=O) groups excluding carboxylic acids is 2. The fourth-order valence-corrected chi connectivity index (χ4v) is 5.96. The third-order valence-electron chi connectivity index (χ3n) is 6.01. The molecule has 0 saturated heterocycles. The maximum atomic E-state index is 13.0. The summed E-state index contributed by atoms with van der Waals surface area (Å²) in [5.74, 6) is 0.359. The smallest absolute Gasteiger partial charge is 0.341 e. The summed E-state index contributed by atoms with van der Waals surface area (Å²) in [6.07, 6.45) is 1.27. The summed E-state index contributed by atoms with van der Waals surface area (Å²) in [7, 11) is 1.33. The van der Waals surface area contributed by atoms with Gasteiger partial charge in [-0.05, 0) is 44.0 Å². The number of carbonyl (C=O) groups is 2. The molecule has 2 aromatic heterocycles. The molecule has 8 nitrogen and oxygen atoms in total. The van der Waals surface area contributed by atoms with Crippen LogP contribution in [0.4, 0.5) is 5.00 Å². The van der Waals surface area contributed by atoms with E-state index in [-0.39, 0.29) is 11.7 Å². The van der Waals surface area contributed by atoms with Gasteiger partial charge in [0.25, 0.3) is 0 Å². The van der Waals surface area contributed by atoms with Crippen molar-refractivity contribution < 1.29 is 19.1 Å². The largest absolute Gasteiger partial charge is 0.481 e. The van der Waals surface area contributed by atoms with Crippen LogP contribution in [-0.4, -0.2) is 39.5 Å². The molecule has 1 amide bonds. The predicted octanol–water partition coefficient (Wildman–Crippen LogP) is 7.12. The lowest BCUT2D eigenvalue weighted by molar-refractivity contribution is -0.113. The highest BCUT2D eigenvalue weighted by molar-refractivity contribution is 7.99. The van der Waals surface area contributed by atoms with E-state index < -0.39 is 12.1 Å². The Morgan fingerprint density at radius 1 is 1.20 bits per heavy atom. The number of para-hydroxylation sites is 1. The lowest BCUT2D eigenvalue weighted by Gasteiger charge is -2.16. The van der Waals surface area contributed by atoms with Crippen LogP contribution in [0.1, 0.15) is 40.3 Å². The Morgan fingerprint density at radius 2 is 1.98 bits per heavy atom. The molecule has 11 heteroatoms. The van der Waals surface area contributed by atoms with Crippen molar-refractivity contribution in [1.29, 1.82) is 0 Å². The Labute approximate surface area is 246 Å². The molecular weight excluding hydrogens is 568 g/mol. The van der Waals surface area contributed by atoms with Gasteiger partial charge in [-0.25, -0.2) is 4.79 Å². The van der Waals surface area contributed by atoms with Crippen LogP contribution in [0.3, 0.4) is 0 Å². The van der Waals surface area contributed by atoms with Crippen LogP contribution in [0.2, 0.25) is 5.02 Å². The van der Waals surface area contributed by atoms with Gasteiger partial charge >= 0.3 is 5.97 Å². The first-order valence-corrected chi connectivity index (χ1v) is 14.6.